The van der Waals surface area contributed by atoms with Crippen LogP contribution in [-0.2, 0) is 0 Å². The maximum absolute atomic E-state index is 9.26. The minimum absolute atomic E-state index is 0.148. The normalized spacial score (nSPS) is 12.2. The fourth-order valence-electron chi connectivity index (χ4n) is 1.95. The molecule has 0 aliphatic carbocycles. The van der Waals surface area contributed by atoms with E-state index in [2.05, 4.69) is 12.7 Å². The van der Waals surface area contributed by atoms with Crippen LogP contribution in [0, 0.1) is 0 Å². The topological polar surface area (TPSA) is 29.5 Å². The molecular formula is C18H18O2. The Morgan fingerprint density at radius 3 is 2.25 bits per heavy atom. The number of phenolic OH excluding ortho intramolecular Hbond substituents is 1. The third-order valence-corrected chi connectivity index (χ3v) is 3.14. The van der Waals surface area contributed by atoms with Crippen LogP contribution >= 0.6 is 0 Å². The van der Waals surface area contributed by atoms with Crippen LogP contribution in [0.5, 0.6) is 11.5 Å². The molecule has 1 N–H and O–H groups in total. The van der Waals surface area contributed by atoms with Crippen molar-refractivity contribution in [2.24, 2.45) is 0 Å². The van der Waals surface area contributed by atoms with Gasteiger partial charge in [-0.3, -0.25) is 0 Å². The number of phenols is 1. The maximum atomic E-state index is 9.26. The molecule has 2 aromatic carbocycles. The van der Waals surface area contributed by atoms with Gasteiger partial charge in [-0.25, -0.2) is 0 Å². The molecule has 0 bridgehead atoms. The molecule has 0 spiro atoms. The summed E-state index contributed by atoms with van der Waals surface area (Å²) in [5.41, 5.74) is 2.21. The zero-order valence-corrected chi connectivity index (χ0v) is 11.5. The summed E-state index contributed by atoms with van der Waals surface area (Å²) in [6, 6.07) is 15.1. The van der Waals surface area contributed by atoms with Crippen LogP contribution < -0.4 is 4.74 Å². The van der Waals surface area contributed by atoms with Crippen molar-refractivity contribution in [1.29, 1.82) is 0 Å². The van der Waals surface area contributed by atoms with E-state index in [0.29, 0.717) is 0 Å². The largest absolute Gasteiger partial charge is 0.508 e. The lowest BCUT2D eigenvalue weighted by molar-refractivity contribution is 0.414. The molecule has 0 saturated carbocycles. The lowest BCUT2D eigenvalue weighted by Crippen LogP contribution is -1.91. The Labute approximate surface area is 119 Å². The number of benzene rings is 2. The van der Waals surface area contributed by atoms with Crippen molar-refractivity contribution in [3.8, 4) is 11.5 Å². The molecule has 20 heavy (non-hydrogen) atoms. The van der Waals surface area contributed by atoms with Crippen LogP contribution in [0.1, 0.15) is 17.0 Å². The summed E-state index contributed by atoms with van der Waals surface area (Å²) in [7, 11) is 1.66. The third kappa shape index (κ3) is 3.51. The summed E-state index contributed by atoms with van der Waals surface area (Å²) < 4.78 is 5.16. The van der Waals surface area contributed by atoms with Crippen molar-refractivity contribution in [1.82, 2.24) is 0 Å². The second-order valence-electron chi connectivity index (χ2n) is 4.49. The summed E-state index contributed by atoms with van der Waals surface area (Å²) >= 11 is 0. The highest BCUT2D eigenvalue weighted by Crippen LogP contribution is 2.22. The first-order chi connectivity index (χ1) is 9.72. The molecule has 1 atom stereocenters. The SMILES string of the molecule is C=CC(/C=C/c1ccc(O)cc1)c1ccc(OC)cc1. The van der Waals surface area contributed by atoms with Gasteiger partial charge in [0.15, 0.2) is 0 Å². The predicted molar refractivity (Wildman–Crippen MR) is 83.1 cm³/mol. The third-order valence-electron chi connectivity index (χ3n) is 3.14. The van der Waals surface area contributed by atoms with Gasteiger partial charge in [0.1, 0.15) is 11.5 Å². The number of methoxy groups -OCH3 is 1. The van der Waals surface area contributed by atoms with Crippen molar-refractivity contribution in [2.45, 2.75) is 5.92 Å². The van der Waals surface area contributed by atoms with Crippen molar-refractivity contribution >= 4 is 6.08 Å². The molecule has 2 rings (SSSR count). The van der Waals surface area contributed by atoms with E-state index in [4.69, 9.17) is 4.74 Å². The van der Waals surface area contributed by atoms with Crippen LogP contribution in [0.4, 0.5) is 0 Å². The van der Waals surface area contributed by atoms with Crippen LogP contribution in [0.25, 0.3) is 6.08 Å². The Hall–Kier alpha value is -2.48. The van der Waals surface area contributed by atoms with Gasteiger partial charge in [-0.2, -0.15) is 0 Å². The number of hydrogen-bond acceptors (Lipinski definition) is 2. The Morgan fingerprint density at radius 1 is 1.05 bits per heavy atom. The van der Waals surface area contributed by atoms with Crippen molar-refractivity contribution in [3.05, 3.63) is 78.4 Å². The van der Waals surface area contributed by atoms with E-state index < -0.39 is 0 Å². The number of hydrogen-bond donors (Lipinski definition) is 1. The molecule has 0 heterocycles. The van der Waals surface area contributed by atoms with Gasteiger partial charge in [0, 0.05) is 5.92 Å². The van der Waals surface area contributed by atoms with E-state index >= 15 is 0 Å². The first-order valence-corrected chi connectivity index (χ1v) is 6.46. The molecule has 0 fully saturated rings. The van der Waals surface area contributed by atoms with Gasteiger partial charge in [-0.1, -0.05) is 42.5 Å². The molecule has 2 heteroatoms. The molecular weight excluding hydrogens is 248 g/mol. The predicted octanol–water partition coefficient (Wildman–Crippen LogP) is 4.38. The van der Waals surface area contributed by atoms with E-state index in [0.717, 1.165) is 16.9 Å². The average Bonchev–Trinajstić information content (AvgIpc) is 2.50. The Morgan fingerprint density at radius 2 is 1.70 bits per heavy atom. The Bertz CT molecular complexity index is 580. The van der Waals surface area contributed by atoms with E-state index in [1.165, 1.54) is 0 Å². The van der Waals surface area contributed by atoms with Gasteiger partial charge >= 0.3 is 0 Å². The fourth-order valence-corrected chi connectivity index (χ4v) is 1.95. The van der Waals surface area contributed by atoms with E-state index in [1.54, 1.807) is 19.2 Å². The number of aromatic hydroxyl groups is 1. The highest BCUT2D eigenvalue weighted by atomic mass is 16.5. The van der Waals surface area contributed by atoms with Crippen molar-refractivity contribution in [2.75, 3.05) is 7.11 Å². The lowest BCUT2D eigenvalue weighted by atomic mass is 9.98. The summed E-state index contributed by atoms with van der Waals surface area (Å²) in [4.78, 5) is 0. The van der Waals surface area contributed by atoms with Gasteiger partial charge in [0.2, 0.25) is 0 Å². The minimum atomic E-state index is 0.148. The molecule has 0 saturated heterocycles. The average molecular weight is 266 g/mol. The molecule has 0 amide bonds. The fraction of sp³-hybridized carbons (Fsp3) is 0.111. The highest BCUT2D eigenvalue weighted by molar-refractivity contribution is 5.52. The van der Waals surface area contributed by atoms with Crippen LogP contribution in [-0.4, -0.2) is 12.2 Å². The van der Waals surface area contributed by atoms with Gasteiger partial charge in [0.25, 0.3) is 0 Å². The second-order valence-corrected chi connectivity index (χ2v) is 4.49. The van der Waals surface area contributed by atoms with Gasteiger partial charge in [-0.15, -0.1) is 6.58 Å². The zero-order valence-electron chi connectivity index (χ0n) is 11.5. The summed E-state index contributed by atoms with van der Waals surface area (Å²) in [6.07, 6.45) is 6.01. The molecule has 0 aliphatic heterocycles. The quantitative estimate of drug-likeness (QED) is 0.814. The van der Waals surface area contributed by atoms with Gasteiger partial charge < -0.3 is 9.84 Å². The van der Waals surface area contributed by atoms with Gasteiger partial charge in [0.05, 0.1) is 7.11 Å². The van der Waals surface area contributed by atoms with Crippen molar-refractivity contribution in [3.63, 3.8) is 0 Å². The number of rotatable bonds is 5. The van der Waals surface area contributed by atoms with E-state index in [-0.39, 0.29) is 11.7 Å². The summed E-state index contributed by atoms with van der Waals surface area (Å²) in [5.74, 6) is 1.27. The first kappa shape index (κ1) is 13.9. The zero-order chi connectivity index (χ0) is 14.4. The molecule has 2 aromatic rings. The number of allylic oxidation sites excluding steroid dienone is 2. The van der Waals surface area contributed by atoms with E-state index in [9.17, 15) is 5.11 Å². The molecule has 102 valence electrons. The molecule has 2 nitrogen and oxygen atoms in total. The smallest absolute Gasteiger partial charge is 0.118 e. The molecule has 0 aromatic heterocycles. The van der Waals surface area contributed by atoms with Gasteiger partial charge in [-0.05, 0) is 35.4 Å². The highest BCUT2D eigenvalue weighted by Gasteiger charge is 2.03. The molecule has 1 unspecified atom stereocenters. The Kier molecular flexibility index (Phi) is 4.61. The minimum Gasteiger partial charge on any atom is -0.508 e. The van der Waals surface area contributed by atoms with Crippen molar-refractivity contribution < 1.29 is 9.84 Å². The monoisotopic (exact) mass is 266 g/mol. The maximum Gasteiger partial charge on any atom is 0.118 e. The Balaban J connectivity index is 2.15. The van der Waals surface area contributed by atoms with E-state index in [1.807, 2.05) is 48.6 Å². The van der Waals surface area contributed by atoms with Crippen LogP contribution in [0.3, 0.4) is 0 Å². The number of ether oxygens (including phenoxy) is 1. The first-order valence-electron chi connectivity index (χ1n) is 6.46. The molecule has 0 aliphatic rings. The standard InChI is InChI=1S/C18H18O2/c1-3-15(16-8-12-18(20-2)13-9-16)7-4-14-5-10-17(19)11-6-14/h3-13,15,19H,1H2,2H3/b7-4+. The second kappa shape index (κ2) is 6.62. The lowest BCUT2D eigenvalue weighted by Gasteiger charge is -2.09. The summed E-state index contributed by atoms with van der Waals surface area (Å²) in [5, 5.41) is 9.26. The summed E-state index contributed by atoms with van der Waals surface area (Å²) in [6.45, 7) is 3.88. The van der Waals surface area contributed by atoms with Crippen LogP contribution in [0.15, 0.2) is 67.3 Å². The molecule has 0 radical (unpaired) electrons. The van der Waals surface area contributed by atoms with Crippen LogP contribution in [0.2, 0.25) is 0 Å².